The number of methoxy groups -OCH3 is 1. The highest BCUT2D eigenvalue weighted by Gasteiger charge is 2.24. The lowest BCUT2D eigenvalue weighted by molar-refractivity contribution is -0.364. The summed E-state index contributed by atoms with van der Waals surface area (Å²) in [6.07, 6.45) is 1.50. The number of aromatic nitrogens is 1. The molecule has 0 atom stereocenters. The summed E-state index contributed by atoms with van der Waals surface area (Å²) in [4.78, 5) is 3.18. The monoisotopic (exact) mass is 336 g/mol. The van der Waals surface area contributed by atoms with Gasteiger partial charge in [0.2, 0.25) is 0 Å². The SMILES string of the molecule is CCN(c1ccccc1)S(=O)(=O)c1ccc(NCCOC)[nH+]c1. The highest BCUT2D eigenvalue weighted by atomic mass is 32.2. The van der Waals surface area contributed by atoms with Crippen molar-refractivity contribution < 1.29 is 18.1 Å². The van der Waals surface area contributed by atoms with Crippen LogP contribution in [0.1, 0.15) is 6.92 Å². The first-order valence-corrected chi connectivity index (χ1v) is 8.86. The van der Waals surface area contributed by atoms with Crippen molar-refractivity contribution in [3.05, 3.63) is 48.7 Å². The Morgan fingerprint density at radius 1 is 1.17 bits per heavy atom. The van der Waals surface area contributed by atoms with Crippen LogP contribution in [0.25, 0.3) is 0 Å². The highest BCUT2D eigenvalue weighted by Crippen LogP contribution is 2.22. The molecule has 0 radical (unpaired) electrons. The van der Waals surface area contributed by atoms with E-state index in [0.717, 1.165) is 5.82 Å². The van der Waals surface area contributed by atoms with Crippen molar-refractivity contribution >= 4 is 21.5 Å². The maximum Gasteiger partial charge on any atom is 0.272 e. The summed E-state index contributed by atoms with van der Waals surface area (Å²) in [5.74, 6) is 0.740. The molecule has 0 saturated heterocycles. The first-order chi connectivity index (χ1) is 11.1. The van der Waals surface area contributed by atoms with Crippen LogP contribution in [-0.2, 0) is 14.8 Å². The fourth-order valence-corrected chi connectivity index (χ4v) is 3.62. The van der Waals surface area contributed by atoms with E-state index in [4.69, 9.17) is 4.74 Å². The van der Waals surface area contributed by atoms with Crippen LogP contribution >= 0.6 is 0 Å². The molecule has 6 nitrogen and oxygen atoms in total. The molecule has 0 spiro atoms. The number of ether oxygens (including phenoxy) is 1. The number of rotatable bonds is 8. The van der Waals surface area contributed by atoms with E-state index in [1.807, 2.05) is 25.1 Å². The summed E-state index contributed by atoms with van der Waals surface area (Å²) in [5.41, 5.74) is 0.650. The predicted octanol–water partition coefficient (Wildman–Crippen LogP) is 1.77. The summed E-state index contributed by atoms with van der Waals surface area (Å²) in [6.45, 7) is 3.39. The van der Waals surface area contributed by atoms with Gasteiger partial charge < -0.3 is 4.74 Å². The molecule has 23 heavy (non-hydrogen) atoms. The van der Waals surface area contributed by atoms with Gasteiger partial charge in [0.1, 0.15) is 17.6 Å². The van der Waals surface area contributed by atoms with E-state index in [1.54, 1.807) is 31.4 Å². The lowest BCUT2D eigenvalue weighted by Gasteiger charge is -2.22. The zero-order valence-corrected chi connectivity index (χ0v) is 14.1. The van der Waals surface area contributed by atoms with Crippen LogP contribution in [0.2, 0.25) is 0 Å². The Balaban J connectivity index is 2.21. The number of sulfonamides is 1. The third kappa shape index (κ3) is 4.20. The molecule has 124 valence electrons. The number of pyridine rings is 1. The summed E-state index contributed by atoms with van der Waals surface area (Å²) in [6, 6.07) is 12.4. The second-order valence-corrected chi connectivity index (χ2v) is 6.73. The van der Waals surface area contributed by atoms with Crippen LogP contribution in [0, 0.1) is 0 Å². The fourth-order valence-electron chi connectivity index (χ4n) is 2.18. The minimum atomic E-state index is -3.60. The molecular formula is C16H22N3O3S+. The molecule has 1 heterocycles. The largest absolute Gasteiger partial charge is 0.381 e. The van der Waals surface area contributed by atoms with Gasteiger partial charge in [-0.15, -0.1) is 0 Å². The third-order valence-electron chi connectivity index (χ3n) is 3.33. The van der Waals surface area contributed by atoms with Crippen LogP contribution in [0.15, 0.2) is 53.6 Å². The molecule has 0 aliphatic carbocycles. The molecule has 0 amide bonds. The van der Waals surface area contributed by atoms with E-state index in [0.29, 0.717) is 25.4 Å². The zero-order chi connectivity index (χ0) is 16.7. The van der Waals surface area contributed by atoms with Gasteiger partial charge in [-0.3, -0.25) is 9.62 Å². The predicted molar refractivity (Wildman–Crippen MR) is 90.0 cm³/mol. The molecule has 0 unspecified atom stereocenters. The smallest absolute Gasteiger partial charge is 0.272 e. The average Bonchev–Trinajstić information content (AvgIpc) is 2.57. The number of benzene rings is 1. The van der Waals surface area contributed by atoms with Gasteiger partial charge in [-0.25, -0.2) is 13.4 Å². The maximum absolute atomic E-state index is 12.8. The number of H-pyrrole nitrogens is 1. The minimum Gasteiger partial charge on any atom is -0.381 e. The van der Waals surface area contributed by atoms with Crippen molar-refractivity contribution in [3.8, 4) is 0 Å². The van der Waals surface area contributed by atoms with Gasteiger partial charge in [0.05, 0.1) is 12.3 Å². The summed E-state index contributed by atoms with van der Waals surface area (Å²) < 4.78 is 31.9. The van der Waals surface area contributed by atoms with Gasteiger partial charge in [-0.2, -0.15) is 0 Å². The Hall–Kier alpha value is -2.12. The van der Waals surface area contributed by atoms with Gasteiger partial charge in [0.15, 0.2) is 0 Å². The maximum atomic E-state index is 12.8. The number of aromatic amines is 1. The van der Waals surface area contributed by atoms with Gasteiger partial charge in [-0.1, -0.05) is 18.2 Å². The zero-order valence-electron chi connectivity index (χ0n) is 13.3. The molecule has 2 aromatic rings. The lowest BCUT2D eigenvalue weighted by Crippen LogP contribution is -2.31. The number of anilines is 2. The molecule has 1 aromatic carbocycles. The Labute approximate surface area is 137 Å². The van der Waals surface area contributed by atoms with Crippen molar-refractivity contribution in [1.82, 2.24) is 0 Å². The van der Waals surface area contributed by atoms with Crippen LogP contribution in [0.5, 0.6) is 0 Å². The van der Waals surface area contributed by atoms with Crippen molar-refractivity contribution in [2.75, 3.05) is 36.4 Å². The highest BCUT2D eigenvalue weighted by molar-refractivity contribution is 7.92. The lowest BCUT2D eigenvalue weighted by atomic mass is 10.3. The molecule has 0 bridgehead atoms. The van der Waals surface area contributed by atoms with E-state index in [-0.39, 0.29) is 4.90 Å². The van der Waals surface area contributed by atoms with E-state index >= 15 is 0 Å². The average molecular weight is 336 g/mol. The standard InChI is InChI=1S/C16H21N3O3S/c1-3-19(14-7-5-4-6-8-14)23(20,21)15-9-10-16(18-13-15)17-11-12-22-2/h4-10,13H,3,11-12H2,1-2H3,(H,17,18)/p+1. The van der Waals surface area contributed by atoms with Crippen molar-refractivity contribution in [2.45, 2.75) is 11.8 Å². The molecule has 0 aliphatic rings. The first-order valence-electron chi connectivity index (χ1n) is 7.42. The van der Waals surface area contributed by atoms with Crippen LogP contribution in [-0.4, -0.2) is 35.2 Å². The topological polar surface area (TPSA) is 72.8 Å². The third-order valence-corrected chi connectivity index (χ3v) is 5.22. The van der Waals surface area contributed by atoms with Crippen LogP contribution in [0.3, 0.4) is 0 Å². The quantitative estimate of drug-likeness (QED) is 0.746. The second kappa shape index (κ2) is 7.94. The molecule has 2 rings (SSSR count). The van der Waals surface area contributed by atoms with Gasteiger partial charge in [-0.05, 0) is 25.1 Å². The molecular weight excluding hydrogens is 314 g/mol. The van der Waals surface area contributed by atoms with E-state index in [1.165, 1.54) is 10.5 Å². The van der Waals surface area contributed by atoms with Gasteiger partial charge in [0.25, 0.3) is 15.8 Å². The first kappa shape index (κ1) is 17.2. The van der Waals surface area contributed by atoms with E-state index in [9.17, 15) is 8.42 Å². The number of hydrogen-bond acceptors (Lipinski definition) is 4. The van der Waals surface area contributed by atoms with Crippen LogP contribution in [0.4, 0.5) is 11.5 Å². The van der Waals surface area contributed by atoms with Crippen molar-refractivity contribution in [3.63, 3.8) is 0 Å². The van der Waals surface area contributed by atoms with Gasteiger partial charge >= 0.3 is 0 Å². The summed E-state index contributed by atoms with van der Waals surface area (Å²) in [7, 11) is -1.97. The molecule has 0 fully saturated rings. The Bertz CT molecular complexity index is 703. The van der Waals surface area contributed by atoms with Crippen molar-refractivity contribution in [1.29, 1.82) is 0 Å². The Kier molecular flexibility index (Phi) is 5.95. The fraction of sp³-hybridized carbons (Fsp3) is 0.312. The second-order valence-electron chi connectivity index (χ2n) is 4.86. The summed E-state index contributed by atoms with van der Waals surface area (Å²) in [5, 5.41) is 3.11. The van der Waals surface area contributed by atoms with Crippen molar-refractivity contribution in [2.24, 2.45) is 0 Å². The number of nitrogens with zero attached hydrogens (tertiary/aromatic N) is 1. The molecule has 0 saturated carbocycles. The number of para-hydroxylation sites is 1. The molecule has 2 N–H and O–H groups in total. The van der Waals surface area contributed by atoms with E-state index < -0.39 is 10.0 Å². The molecule has 0 aliphatic heterocycles. The van der Waals surface area contributed by atoms with E-state index in [2.05, 4.69) is 10.3 Å². The minimum absolute atomic E-state index is 0.223. The Morgan fingerprint density at radius 2 is 1.91 bits per heavy atom. The number of hydrogen-bond donors (Lipinski definition) is 1. The van der Waals surface area contributed by atoms with Crippen LogP contribution < -0.4 is 14.6 Å². The molecule has 7 heteroatoms. The number of nitrogens with one attached hydrogen (secondary N) is 2. The Morgan fingerprint density at radius 3 is 2.48 bits per heavy atom. The normalized spacial score (nSPS) is 11.2. The summed E-state index contributed by atoms with van der Waals surface area (Å²) >= 11 is 0. The van der Waals surface area contributed by atoms with Gasteiger partial charge in [0, 0.05) is 19.7 Å². The molecule has 1 aromatic heterocycles.